The van der Waals surface area contributed by atoms with Gasteiger partial charge in [-0.3, -0.25) is 0 Å². The van der Waals surface area contributed by atoms with Crippen molar-refractivity contribution in [3.8, 4) is 0 Å². The summed E-state index contributed by atoms with van der Waals surface area (Å²) in [5.41, 5.74) is 6.67. The van der Waals surface area contributed by atoms with Crippen molar-refractivity contribution in [2.45, 2.75) is 23.6 Å². The number of nitrogens with two attached hydrogens (primary N) is 1. The third-order valence-electron chi connectivity index (χ3n) is 1.83. The van der Waals surface area contributed by atoms with Gasteiger partial charge >= 0.3 is 0 Å². The third-order valence-corrected chi connectivity index (χ3v) is 3.25. The van der Waals surface area contributed by atoms with Gasteiger partial charge in [0.1, 0.15) is 0 Å². The predicted molar refractivity (Wildman–Crippen MR) is 61.7 cm³/mol. The van der Waals surface area contributed by atoms with E-state index in [4.69, 9.17) is 22.4 Å². The minimum atomic E-state index is 0.154. The summed E-state index contributed by atoms with van der Waals surface area (Å²) in [6.07, 6.45) is 0. The number of benzene rings is 1. The van der Waals surface area contributed by atoms with Gasteiger partial charge in [0, 0.05) is 21.7 Å². The number of halogens is 1. The molecule has 0 saturated carbocycles. The normalized spacial score (nSPS) is 12.9. The smallest absolute Gasteiger partial charge is 0.0550 e. The first-order chi connectivity index (χ1) is 6.67. The Morgan fingerprint density at radius 3 is 2.86 bits per heavy atom. The summed E-state index contributed by atoms with van der Waals surface area (Å²) < 4.78 is 0. The molecule has 1 aromatic carbocycles. The highest BCUT2D eigenvalue weighted by molar-refractivity contribution is 8.00. The Morgan fingerprint density at radius 1 is 1.57 bits per heavy atom. The number of aliphatic hydroxyl groups excluding tert-OH is 1. The monoisotopic (exact) mass is 231 g/mol. The SMILES string of the molecule is CC(CO)Sc1cc(Cl)ccc1CN. The van der Waals surface area contributed by atoms with E-state index in [0.29, 0.717) is 11.6 Å². The van der Waals surface area contributed by atoms with Crippen LogP contribution in [0.4, 0.5) is 0 Å². The quantitative estimate of drug-likeness (QED) is 0.782. The maximum absolute atomic E-state index is 8.94. The highest BCUT2D eigenvalue weighted by Crippen LogP contribution is 2.29. The van der Waals surface area contributed by atoms with Crippen LogP contribution in [-0.2, 0) is 6.54 Å². The Morgan fingerprint density at radius 2 is 2.29 bits per heavy atom. The first kappa shape index (κ1) is 11.9. The summed E-state index contributed by atoms with van der Waals surface area (Å²) in [6.45, 7) is 2.62. The van der Waals surface area contributed by atoms with Gasteiger partial charge in [0.15, 0.2) is 0 Å². The lowest BCUT2D eigenvalue weighted by Gasteiger charge is -2.11. The Balaban J connectivity index is 2.87. The van der Waals surface area contributed by atoms with Crippen molar-refractivity contribution in [1.29, 1.82) is 0 Å². The van der Waals surface area contributed by atoms with Crippen LogP contribution in [0.2, 0.25) is 5.02 Å². The summed E-state index contributed by atoms with van der Waals surface area (Å²) in [5.74, 6) is 0. The van der Waals surface area contributed by atoms with Crippen LogP contribution in [0.3, 0.4) is 0 Å². The minimum Gasteiger partial charge on any atom is -0.395 e. The van der Waals surface area contributed by atoms with Crippen LogP contribution in [0.15, 0.2) is 23.1 Å². The maximum Gasteiger partial charge on any atom is 0.0550 e. The largest absolute Gasteiger partial charge is 0.395 e. The Kier molecular flexibility index (Phi) is 4.75. The second kappa shape index (κ2) is 5.61. The molecule has 0 aliphatic carbocycles. The molecule has 78 valence electrons. The molecule has 0 bridgehead atoms. The molecule has 0 spiro atoms. The molecule has 0 amide bonds. The van der Waals surface area contributed by atoms with Gasteiger partial charge in [-0.2, -0.15) is 0 Å². The molecule has 0 radical (unpaired) electrons. The van der Waals surface area contributed by atoms with Gasteiger partial charge in [0.05, 0.1) is 6.61 Å². The molecular formula is C10H14ClNOS. The highest BCUT2D eigenvalue weighted by Gasteiger charge is 2.07. The van der Waals surface area contributed by atoms with Crippen molar-refractivity contribution in [2.75, 3.05) is 6.61 Å². The molecule has 4 heteroatoms. The second-order valence-corrected chi connectivity index (χ2v) is 4.98. The van der Waals surface area contributed by atoms with E-state index in [9.17, 15) is 0 Å². The van der Waals surface area contributed by atoms with Crippen LogP contribution >= 0.6 is 23.4 Å². The standard InChI is InChI=1S/C10H14ClNOS/c1-7(6-13)14-10-4-9(11)3-2-8(10)5-12/h2-4,7,13H,5-6,12H2,1H3. The lowest BCUT2D eigenvalue weighted by molar-refractivity contribution is 0.300. The molecule has 1 atom stereocenters. The van der Waals surface area contributed by atoms with Crippen molar-refractivity contribution >= 4 is 23.4 Å². The molecule has 14 heavy (non-hydrogen) atoms. The van der Waals surface area contributed by atoms with E-state index < -0.39 is 0 Å². The van der Waals surface area contributed by atoms with Gasteiger partial charge in [-0.1, -0.05) is 24.6 Å². The van der Waals surface area contributed by atoms with Gasteiger partial charge in [0.2, 0.25) is 0 Å². The van der Waals surface area contributed by atoms with Gasteiger partial charge in [-0.25, -0.2) is 0 Å². The van der Waals surface area contributed by atoms with Gasteiger partial charge < -0.3 is 10.8 Å². The molecule has 0 aromatic heterocycles. The van der Waals surface area contributed by atoms with Crippen molar-refractivity contribution in [3.05, 3.63) is 28.8 Å². The summed E-state index contributed by atoms with van der Waals surface area (Å²) in [4.78, 5) is 1.06. The summed E-state index contributed by atoms with van der Waals surface area (Å²) in [5, 5.41) is 9.81. The van der Waals surface area contributed by atoms with Crippen LogP contribution in [0.5, 0.6) is 0 Å². The van der Waals surface area contributed by atoms with Crippen LogP contribution < -0.4 is 5.73 Å². The second-order valence-electron chi connectivity index (χ2n) is 3.07. The highest BCUT2D eigenvalue weighted by atomic mass is 35.5. The minimum absolute atomic E-state index is 0.154. The fourth-order valence-corrected chi connectivity index (χ4v) is 2.30. The number of thioether (sulfide) groups is 1. The Labute approximate surface area is 93.5 Å². The Hall–Kier alpha value is -0.220. The van der Waals surface area contributed by atoms with Crippen molar-refractivity contribution in [1.82, 2.24) is 0 Å². The zero-order valence-electron chi connectivity index (χ0n) is 8.03. The van der Waals surface area contributed by atoms with Crippen LogP contribution in [-0.4, -0.2) is 17.0 Å². The third kappa shape index (κ3) is 3.17. The molecular weight excluding hydrogens is 218 g/mol. The molecule has 1 unspecified atom stereocenters. The number of hydrogen-bond acceptors (Lipinski definition) is 3. The Bertz CT molecular complexity index is 306. The van der Waals surface area contributed by atoms with Gasteiger partial charge in [-0.05, 0) is 17.7 Å². The first-order valence-electron chi connectivity index (χ1n) is 4.43. The van der Waals surface area contributed by atoms with Crippen molar-refractivity contribution in [2.24, 2.45) is 5.73 Å². The van der Waals surface area contributed by atoms with E-state index in [1.807, 2.05) is 25.1 Å². The van der Waals surface area contributed by atoms with Crippen LogP contribution in [0.1, 0.15) is 12.5 Å². The molecule has 3 N–H and O–H groups in total. The molecule has 1 rings (SSSR count). The molecule has 0 aliphatic heterocycles. The first-order valence-corrected chi connectivity index (χ1v) is 5.69. The number of aliphatic hydroxyl groups is 1. The number of rotatable bonds is 4. The summed E-state index contributed by atoms with van der Waals surface area (Å²) >= 11 is 7.48. The fraction of sp³-hybridized carbons (Fsp3) is 0.400. The van der Waals surface area contributed by atoms with Crippen LogP contribution in [0, 0.1) is 0 Å². The zero-order valence-corrected chi connectivity index (χ0v) is 9.61. The molecule has 1 aromatic rings. The van der Waals surface area contributed by atoms with E-state index in [2.05, 4.69) is 0 Å². The topological polar surface area (TPSA) is 46.2 Å². The van der Waals surface area contributed by atoms with E-state index in [1.54, 1.807) is 11.8 Å². The van der Waals surface area contributed by atoms with Crippen LogP contribution in [0.25, 0.3) is 0 Å². The molecule has 0 heterocycles. The predicted octanol–water partition coefficient (Wildman–Crippen LogP) is 2.27. The van der Waals surface area contributed by atoms with Gasteiger partial charge in [0.25, 0.3) is 0 Å². The molecule has 0 aliphatic rings. The van der Waals surface area contributed by atoms with Gasteiger partial charge in [-0.15, -0.1) is 11.8 Å². The molecule has 2 nitrogen and oxygen atoms in total. The average Bonchev–Trinajstić information content (AvgIpc) is 2.18. The summed E-state index contributed by atoms with van der Waals surface area (Å²) in [7, 11) is 0. The molecule has 0 fully saturated rings. The van der Waals surface area contributed by atoms with E-state index in [1.165, 1.54) is 0 Å². The molecule has 0 saturated heterocycles. The van der Waals surface area contributed by atoms with E-state index >= 15 is 0 Å². The maximum atomic E-state index is 8.94. The zero-order chi connectivity index (χ0) is 10.6. The fourth-order valence-electron chi connectivity index (χ4n) is 1.06. The van der Waals surface area contributed by atoms with E-state index in [0.717, 1.165) is 10.5 Å². The lowest BCUT2D eigenvalue weighted by atomic mass is 10.2. The van der Waals surface area contributed by atoms with Crippen molar-refractivity contribution < 1.29 is 5.11 Å². The lowest BCUT2D eigenvalue weighted by Crippen LogP contribution is -2.04. The van der Waals surface area contributed by atoms with Crippen molar-refractivity contribution in [3.63, 3.8) is 0 Å². The number of hydrogen-bond donors (Lipinski definition) is 2. The average molecular weight is 232 g/mol. The summed E-state index contributed by atoms with van der Waals surface area (Å²) in [6, 6.07) is 5.65. The van der Waals surface area contributed by atoms with E-state index in [-0.39, 0.29) is 11.9 Å².